The van der Waals surface area contributed by atoms with Crippen molar-refractivity contribution in [3.05, 3.63) is 0 Å². The third-order valence-corrected chi connectivity index (χ3v) is 5.44. The largest absolute Gasteiger partial charge is 0.300 e. The number of hydrogen-bond acceptors (Lipinski definition) is 3. The van der Waals surface area contributed by atoms with Gasteiger partial charge in [0, 0.05) is 17.9 Å². The molecule has 0 atom stereocenters. The molecule has 0 heterocycles. The van der Waals surface area contributed by atoms with Gasteiger partial charge in [-0.25, -0.2) is 8.42 Å². The van der Waals surface area contributed by atoms with Gasteiger partial charge >= 0.3 is 0 Å². The summed E-state index contributed by atoms with van der Waals surface area (Å²) in [7, 11) is -2.91. The molecule has 0 radical (unpaired) electrons. The van der Waals surface area contributed by atoms with E-state index >= 15 is 0 Å². The highest BCUT2D eigenvalue weighted by Gasteiger charge is 2.18. The highest BCUT2D eigenvalue weighted by molar-refractivity contribution is 9.09. The Morgan fingerprint density at radius 3 is 2.06 bits per heavy atom. The maximum absolute atomic E-state index is 11.7. The molecule has 0 saturated carbocycles. The van der Waals surface area contributed by atoms with Gasteiger partial charge in [0.25, 0.3) is 0 Å². The number of sulfone groups is 1. The Bertz CT molecular complexity index is 276. The number of rotatable bonds is 8. The summed E-state index contributed by atoms with van der Waals surface area (Å²) in [5.41, 5.74) is 0. The number of hydrogen-bond donors (Lipinski definition) is 0. The predicted octanol–water partition coefficient (Wildman–Crippen LogP) is 2.31. The molecule has 0 rings (SSSR count). The van der Waals surface area contributed by atoms with Crippen molar-refractivity contribution in [1.29, 1.82) is 0 Å². The van der Waals surface area contributed by atoms with Crippen LogP contribution in [0.3, 0.4) is 0 Å². The van der Waals surface area contributed by atoms with Gasteiger partial charge in [0.05, 0.1) is 11.0 Å². The van der Waals surface area contributed by atoms with Crippen LogP contribution in [0, 0.1) is 0 Å². The molecule has 0 aliphatic rings. The van der Waals surface area contributed by atoms with E-state index in [2.05, 4.69) is 34.7 Å². The van der Waals surface area contributed by atoms with Crippen molar-refractivity contribution in [3.8, 4) is 0 Å². The van der Waals surface area contributed by atoms with Crippen LogP contribution in [0.2, 0.25) is 0 Å². The average molecular weight is 314 g/mol. The monoisotopic (exact) mass is 313 g/mol. The lowest BCUT2D eigenvalue weighted by Gasteiger charge is -2.26. The summed E-state index contributed by atoms with van der Waals surface area (Å²) in [5, 5.41) is 0.699. The summed E-state index contributed by atoms with van der Waals surface area (Å²) in [6.45, 7) is 9.30. The Morgan fingerprint density at radius 2 is 1.69 bits per heavy atom. The summed E-state index contributed by atoms with van der Waals surface area (Å²) in [6.07, 6.45) is 1.06. The molecule has 0 fully saturated rings. The minimum Gasteiger partial charge on any atom is -0.300 e. The Kier molecular flexibility index (Phi) is 7.85. The van der Waals surface area contributed by atoms with Crippen LogP contribution in [-0.2, 0) is 9.84 Å². The first-order valence-corrected chi connectivity index (χ1v) is 8.66. The topological polar surface area (TPSA) is 37.4 Å². The van der Waals surface area contributed by atoms with Crippen LogP contribution in [0.25, 0.3) is 0 Å². The standard InChI is InChI=1S/C11H24BrNO2S/c1-10(2)13(7-5-6-12)8-9-16(14,15)11(3)4/h10-11H,5-9H2,1-4H3. The predicted molar refractivity (Wildman–Crippen MR) is 74.0 cm³/mol. The van der Waals surface area contributed by atoms with E-state index in [1.165, 1.54) is 0 Å². The summed E-state index contributed by atoms with van der Waals surface area (Å²) >= 11 is 3.40. The molecule has 16 heavy (non-hydrogen) atoms. The molecule has 98 valence electrons. The highest BCUT2D eigenvalue weighted by atomic mass is 79.9. The molecule has 0 aromatic carbocycles. The second-order valence-electron chi connectivity index (χ2n) is 4.59. The molecule has 0 saturated heterocycles. The van der Waals surface area contributed by atoms with Gasteiger partial charge < -0.3 is 0 Å². The minimum absolute atomic E-state index is 0.266. The minimum atomic E-state index is -2.91. The van der Waals surface area contributed by atoms with Crippen molar-refractivity contribution in [3.63, 3.8) is 0 Å². The zero-order valence-corrected chi connectivity index (χ0v) is 13.1. The fourth-order valence-electron chi connectivity index (χ4n) is 1.37. The fraction of sp³-hybridized carbons (Fsp3) is 1.00. The summed E-state index contributed by atoms with van der Waals surface area (Å²) in [4.78, 5) is 2.22. The summed E-state index contributed by atoms with van der Waals surface area (Å²) in [6, 6.07) is 0.404. The molecule has 0 N–H and O–H groups in total. The molecular formula is C11H24BrNO2S. The molecule has 0 aromatic heterocycles. The van der Waals surface area contributed by atoms with E-state index in [1.807, 2.05) is 0 Å². The molecule has 3 nitrogen and oxygen atoms in total. The maximum atomic E-state index is 11.7. The van der Waals surface area contributed by atoms with Crippen LogP contribution in [0.5, 0.6) is 0 Å². The third-order valence-electron chi connectivity index (χ3n) is 2.69. The maximum Gasteiger partial charge on any atom is 0.153 e. The van der Waals surface area contributed by atoms with E-state index < -0.39 is 9.84 Å². The molecule has 0 aromatic rings. The summed E-state index contributed by atoms with van der Waals surface area (Å²) in [5.74, 6) is 0.269. The Hall–Kier alpha value is 0.390. The Labute approximate surface area is 109 Å². The lowest BCUT2D eigenvalue weighted by atomic mass is 10.3. The molecule has 0 amide bonds. The second-order valence-corrected chi connectivity index (χ2v) is 8.06. The van der Waals surface area contributed by atoms with Crippen molar-refractivity contribution >= 4 is 25.8 Å². The molecule has 0 bridgehead atoms. The number of alkyl halides is 1. The van der Waals surface area contributed by atoms with E-state index in [4.69, 9.17) is 0 Å². The van der Waals surface area contributed by atoms with Gasteiger partial charge in [-0.15, -0.1) is 0 Å². The van der Waals surface area contributed by atoms with Crippen molar-refractivity contribution < 1.29 is 8.42 Å². The van der Waals surface area contributed by atoms with E-state index in [1.54, 1.807) is 13.8 Å². The number of halogens is 1. The first-order chi connectivity index (χ1) is 7.31. The molecule has 0 unspecified atom stereocenters. The van der Waals surface area contributed by atoms with Gasteiger partial charge in [0.1, 0.15) is 0 Å². The van der Waals surface area contributed by atoms with E-state index in [0.717, 1.165) is 18.3 Å². The zero-order chi connectivity index (χ0) is 12.8. The van der Waals surface area contributed by atoms with Crippen LogP contribution in [0.1, 0.15) is 34.1 Å². The zero-order valence-electron chi connectivity index (χ0n) is 10.7. The Balaban J connectivity index is 4.22. The molecule has 0 aliphatic heterocycles. The smallest absolute Gasteiger partial charge is 0.153 e. The average Bonchev–Trinajstić information content (AvgIpc) is 2.16. The highest BCUT2D eigenvalue weighted by Crippen LogP contribution is 2.05. The fourth-order valence-corrected chi connectivity index (χ4v) is 2.58. The first-order valence-electron chi connectivity index (χ1n) is 5.83. The molecule has 0 spiro atoms. The number of nitrogens with zero attached hydrogens (tertiary/aromatic N) is 1. The third kappa shape index (κ3) is 6.21. The van der Waals surface area contributed by atoms with Gasteiger partial charge in [-0.1, -0.05) is 15.9 Å². The summed E-state index contributed by atoms with van der Waals surface area (Å²) < 4.78 is 23.4. The van der Waals surface area contributed by atoms with E-state index in [-0.39, 0.29) is 11.0 Å². The van der Waals surface area contributed by atoms with Gasteiger partial charge in [-0.2, -0.15) is 0 Å². The van der Waals surface area contributed by atoms with Crippen molar-refractivity contribution in [2.45, 2.75) is 45.4 Å². The Morgan fingerprint density at radius 1 is 1.12 bits per heavy atom. The molecule has 5 heteroatoms. The van der Waals surface area contributed by atoms with Gasteiger partial charge in [0.2, 0.25) is 0 Å². The van der Waals surface area contributed by atoms with Crippen molar-refractivity contribution in [2.75, 3.05) is 24.2 Å². The van der Waals surface area contributed by atoms with Crippen LogP contribution >= 0.6 is 15.9 Å². The van der Waals surface area contributed by atoms with E-state index in [0.29, 0.717) is 12.6 Å². The van der Waals surface area contributed by atoms with Gasteiger partial charge in [-0.05, 0) is 40.7 Å². The van der Waals surface area contributed by atoms with Crippen molar-refractivity contribution in [2.24, 2.45) is 0 Å². The van der Waals surface area contributed by atoms with Crippen molar-refractivity contribution in [1.82, 2.24) is 4.90 Å². The normalized spacial score (nSPS) is 13.0. The molecular weight excluding hydrogens is 290 g/mol. The van der Waals surface area contributed by atoms with Crippen LogP contribution < -0.4 is 0 Å². The quantitative estimate of drug-likeness (QED) is 0.645. The SMILES string of the molecule is CC(C)N(CCCBr)CCS(=O)(=O)C(C)C. The second kappa shape index (κ2) is 7.67. The molecule has 0 aliphatic carbocycles. The van der Waals surface area contributed by atoms with Gasteiger partial charge in [-0.3, -0.25) is 4.90 Å². The van der Waals surface area contributed by atoms with E-state index in [9.17, 15) is 8.42 Å². The van der Waals surface area contributed by atoms with Crippen LogP contribution in [-0.4, -0.2) is 48.8 Å². The lowest BCUT2D eigenvalue weighted by Crippen LogP contribution is -2.37. The van der Waals surface area contributed by atoms with Gasteiger partial charge in [0.15, 0.2) is 9.84 Å². The van der Waals surface area contributed by atoms with Crippen LogP contribution in [0.15, 0.2) is 0 Å². The lowest BCUT2D eigenvalue weighted by molar-refractivity contribution is 0.236. The first kappa shape index (κ1) is 16.4. The van der Waals surface area contributed by atoms with Crippen LogP contribution in [0.4, 0.5) is 0 Å².